The number of thioether (sulfide) groups is 1. The van der Waals surface area contributed by atoms with Gasteiger partial charge < -0.3 is 9.88 Å². The molecule has 0 bridgehead atoms. The van der Waals surface area contributed by atoms with E-state index in [-0.39, 0.29) is 12.4 Å². The molecule has 4 rings (SSSR count). The number of halogens is 1. The molecule has 0 fully saturated rings. The van der Waals surface area contributed by atoms with Crippen LogP contribution in [0.15, 0.2) is 42.7 Å². The van der Waals surface area contributed by atoms with Crippen LogP contribution in [-0.2, 0) is 19.4 Å². The van der Waals surface area contributed by atoms with Crippen LogP contribution in [0.4, 0.5) is 5.82 Å². The number of hydrogen-bond donors (Lipinski definition) is 1. The normalized spacial score (nSPS) is 14.8. The maximum absolute atomic E-state index is 4.88. The molecule has 2 aromatic heterocycles. The third kappa shape index (κ3) is 3.72. The molecule has 26 heavy (non-hydrogen) atoms. The Morgan fingerprint density at radius 3 is 2.85 bits per heavy atom. The molecule has 0 spiro atoms. The summed E-state index contributed by atoms with van der Waals surface area (Å²) >= 11 is 1.92. The van der Waals surface area contributed by atoms with E-state index in [4.69, 9.17) is 4.98 Å². The SMILES string of the molecule is CSCC(C)Cc1cnc(N2CCc3ccccc3C2)c2[nH]ccc12.Cl. The van der Waals surface area contributed by atoms with Crippen LogP contribution in [0.25, 0.3) is 10.9 Å². The van der Waals surface area contributed by atoms with E-state index in [9.17, 15) is 0 Å². The molecule has 0 aliphatic carbocycles. The minimum Gasteiger partial charge on any atom is -0.358 e. The highest BCUT2D eigenvalue weighted by atomic mass is 35.5. The van der Waals surface area contributed by atoms with Gasteiger partial charge in [0.1, 0.15) is 0 Å². The van der Waals surface area contributed by atoms with Crippen LogP contribution in [0.2, 0.25) is 0 Å². The highest BCUT2D eigenvalue weighted by Gasteiger charge is 2.20. The van der Waals surface area contributed by atoms with Crippen molar-refractivity contribution in [2.45, 2.75) is 26.3 Å². The predicted octanol–water partition coefficient (Wildman–Crippen LogP) is 5.09. The van der Waals surface area contributed by atoms with E-state index >= 15 is 0 Å². The van der Waals surface area contributed by atoms with Crippen LogP contribution in [0.5, 0.6) is 0 Å². The van der Waals surface area contributed by atoms with Crippen LogP contribution in [0, 0.1) is 5.92 Å². The van der Waals surface area contributed by atoms with E-state index in [0.717, 1.165) is 31.7 Å². The standard InChI is InChI=1S/C21H25N3S.ClH/c1-15(14-25-2)11-18-12-23-21(20-19(18)7-9-22-20)24-10-8-16-5-3-4-6-17(16)13-24;/h3-7,9,12,15,22H,8,10-11,13-14H2,1-2H3;1H. The average Bonchev–Trinajstić information content (AvgIpc) is 3.12. The van der Waals surface area contributed by atoms with Crippen LogP contribution in [-0.4, -0.2) is 28.5 Å². The molecule has 1 aliphatic rings. The summed E-state index contributed by atoms with van der Waals surface area (Å²) in [4.78, 5) is 10.7. The topological polar surface area (TPSA) is 31.9 Å². The van der Waals surface area contributed by atoms with Crippen molar-refractivity contribution in [3.05, 3.63) is 59.4 Å². The number of nitrogens with zero attached hydrogens (tertiary/aromatic N) is 2. The van der Waals surface area contributed by atoms with Gasteiger partial charge in [0.25, 0.3) is 0 Å². The smallest absolute Gasteiger partial charge is 0.153 e. The Bertz CT molecular complexity index is 877. The monoisotopic (exact) mass is 387 g/mol. The van der Waals surface area contributed by atoms with Gasteiger partial charge in [0.05, 0.1) is 5.52 Å². The lowest BCUT2D eigenvalue weighted by Gasteiger charge is -2.30. The number of aromatic amines is 1. The first kappa shape index (κ1) is 19.1. The number of rotatable bonds is 5. The molecule has 138 valence electrons. The molecule has 5 heteroatoms. The van der Waals surface area contributed by atoms with Crippen molar-refractivity contribution in [3.63, 3.8) is 0 Å². The zero-order chi connectivity index (χ0) is 17.2. The van der Waals surface area contributed by atoms with Crippen LogP contribution >= 0.6 is 24.2 Å². The van der Waals surface area contributed by atoms with E-state index in [2.05, 4.69) is 65.8 Å². The zero-order valence-electron chi connectivity index (χ0n) is 15.4. The van der Waals surface area contributed by atoms with Gasteiger partial charge in [-0.2, -0.15) is 11.8 Å². The maximum Gasteiger partial charge on any atom is 0.153 e. The number of anilines is 1. The zero-order valence-corrected chi connectivity index (χ0v) is 17.0. The number of aromatic nitrogens is 2. The number of fused-ring (bicyclic) bond motifs is 2. The molecule has 1 unspecified atom stereocenters. The van der Waals surface area contributed by atoms with Gasteiger partial charge in [-0.05, 0) is 53.5 Å². The summed E-state index contributed by atoms with van der Waals surface area (Å²) in [5.74, 6) is 2.95. The summed E-state index contributed by atoms with van der Waals surface area (Å²) in [6.07, 6.45) is 8.51. The van der Waals surface area contributed by atoms with Gasteiger partial charge in [0, 0.05) is 30.9 Å². The second-order valence-corrected chi connectivity index (χ2v) is 7.99. The highest BCUT2D eigenvalue weighted by molar-refractivity contribution is 7.98. The van der Waals surface area contributed by atoms with Gasteiger partial charge >= 0.3 is 0 Å². The van der Waals surface area contributed by atoms with E-state index in [1.165, 1.54) is 33.3 Å². The number of nitrogens with one attached hydrogen (secondary N) is 1. The first-order chi connectivity index (χ1) is 12.3. The summed E-state index contributed by atoms with van der Waals surface area (Å²) in [6.45, 7) is 4.30. The van der Waals surface area contributed by atoms with Crippen molar-refractivity contribution in [3.8, 4) is 0 Å². The Kier molecular flexibility index (Phi) is 6.15. The fourth-order valence-corrected chi connectivity index (χ4v) is 4.58. The average molecular weight is 388 g/mol. The van der Waals surface area contributed by atoms with E-state index in [1.807, 2.05) is 11.8 Å². The fraction of sp³-hybridized carbons (Fsp3) is 0.381. The molecule has 0 saturated heterocycles. The fourth-order valence-electron chi connectivity index (χ4n) is 3.89. The minimum atomic E-state index is 0. The lowest BCUT2D eigenvalue weighted by Crippen LogP contribution is -2.31. The minimum absolute atomic E-state index is 0. The van der Waals surface area contributed by atoms with Crippen LogP contribution < -0.4 is 4.90 Å². The molecule has 3 nitrogen and oxygen atoms in total. The Morgan fingerprint density at radius 2 is 2.04 bits per heavy atom. The molecule has 1 atom stereocenters. The summed E-state index contributed by atoms with van der Waals surface area (Å²) in [6, 6.07) is 11.0. The molecule has 1 aliphatic heterocycles. The molecule has 0 radical (unpaired) electrons. The van der Waals surface area contributed by atoms with Gasteiger partial charge in [-0.1, -0.05) is 31.2 Å². The summed E-state index contributed by atoms with van der Waals surface area (Å²) in [5, 5.41) is 1.33. The molecule has 1 N–H and O–H groups in total. The Labute approximate surface area is 166 Å². The van der Waals surface area contributed by atoms with Crippen molar-refractivity contribution < 1.29 is 0 Å². The van der Waals surface area contributed by atoms with Gasteiger partial charge in [0.15, 0.2) is 5.82 Å². The number of benzene rings is 1. The molecule has 3 aromatic rings. The molecule has 3 heterocycles. The summed E-state index contributed by atoms with van der Waals surface area (Å²) < 4.78 is 0. The van der Waals surface area contributed by atoms with Crippen LogP contribution in [0.1, 0.15) is 23.6 Å². The lowest BCUT2D eigenvalue weighted by atomic mass is 9.99. The predicted molar refractivity (Wildman–Crippen MR) is 116 cm³/mol. The van der Waals surface area contributed by atoms with Crippen molar-refractivity contribution in [2.75, 3.05) is 23.5 Å². The maximum atomic E-state index is 4.88. The van der Waals surface area contributed by atoms with Crippen molar-refractivity contribution in [1.82, 2.24) is 9.97 Å². The Morgan fingerprint density at radius 1 is 1.23 bits per heavy atom. The van der Waals surface area contributed by atoms with E-state index < -0.39 is 0 Å². The third-order valence-corrected chi connectivity index (χ3v) is 6.01. The van der Waals surface area contributed by atoms with E-state index in [0.29, 0.717) is 5.92 Å². The molecule has 0 amide bonds. The summed E-state index contributed by atoms with van der Waals surface area (Å²) in [7, 11) is 0. The first-order valence-corrected chi connectivity index (χ1v) is 10.4. The number of pyridine rings is 1. The number of H-pyrrole nitrogens is 1. The lowest BCUT2D eigenvalue weighted by molar-refractivity contribution is 0.660. The molecular weight excluding hydrogens is 362 g/mol. The quantitative estimate of drug-likeness (QED) is 0.661. The second-order valence-electron chi connectivity index (χ2n) is 7.08. The van der Waals surface area contributed by atoms with Crippen LogP contribution in [0.3, 0.4) is 0 Å². The Balaban J connectivity index is 0.00000196. The highest BCUT2D eigenvalue weighted by Crippen LogP contribution is 2.31. The largest absolute Gasteiger partial charge is 0.358 e. The Hall–Kier alpha value is -1.65. The van der Waals surface area contributed by atoms with Gasteiger partial charge in [-0.25, -0.2) is 4.98 Å². The molecule has 1 aromatic carbocycles. The van der Waals surface area contributed by atoms with Gasteiger partial charge in [-0.15, -0.1) is 12.4 Å². The molecular formula is C21H26ClN3S. The van der Waals surface area contributed by atoms with Crippen molar-refractivity contribution in [1.29, 1.82) is 0 Å². The van der Waals surface area contributed by atoms with E-state index in [1.54, 1.807) is 0 Å². The van der Waals surface area contributed by atoms with Crippen molar-refractivity contribution in [2.24, 2.45) is 5.92 Å². The third-order valence-electron chi connectivity index (χ3n) is 5.11. The van der Waals surface area contributed by atoms with Gasteiger partial charge in [-0.3, -0.25) is 0 Å². The molecule has 0 saturated carbocycles. The number of hydrogen-bond acceptors (Lipinski definition) is 3. The summed E-state index contributed by atoms with van der Waals surface area (Å²) in [5.41, 5.74) is 5.45. The van der Waals surface area contributed by atoms with Crippen molar-refractivity contribution >= 4 is 40.9 Å². The first-order valence-electron chi connectivity index (χ1n) is 9.02. The van der Waals surface area contributed by atoms with Gasteiger partial charge in [0.2, 0.25) is 0 Å². The second kappa shape index (κ2) is 8.36.